The van der Waals surface area contributed by atoms with Gasteiger partial charge in [0, 0.05) is 37.3 Å². The van der Waals surface area contributed by atoms with Crippen LogP contribution in [0.15, 0.2) is 6.20 Å². The van der Waals surface area contributed by atoms with Gasteiger partial charge in [-0.3, -0.25) is 4.79 Å². The SMILES string of the molecule is CCCNc1ncc(C)c(NCCC(=O)NC(C)CC)n1. The number of rotatable bonds is 9. The lowest BCUT2D eigenvalue weighted by atomic mass is 10.2. The topological polar surface area (TPSA) is 78.9 Å². The van der Waals surface area contributed by atoms with Crippen molar-refractivity contribution in [2.45, 2.75) is 53.0 Å². The van der Waals surface area contributed by atoms with Crippen molar-refractivity contribution < 1.29 is 4.79 Å². The van der Waals surface area contributed by atoms with Gasteiger partial charge in [-0.15, -0.1) is 0 Å². The number of aryl methyl sites for hydroxylation is 1. The number of carbonyl (C=O) groups excluding carboxylic acids is 1. The molecule has 6 heteroatoms. The maximum absolute atomic E-state index is 11.7. The second-order valence-corrected chi connectivity index (χ2v) is 5.21. The molecule has 118 valence electrons. The molecule has 0 bridgehead atoms. The van der Waals surface area contributed by atoms with Gasteiger partial charge in [-0.1, -0.05) is 13.8 Å². The molecule has 1 rings (SSSR count). The van der Waals surface area contributed by atoms with E-state index in [1.807, 2.05) is 13.8 Å². The van der Waals surface area contributed by atoms with E-state index in [4.69, 9.17) is 0 Å². The predicted molar refractivity (Wildman–Crippen MR) is 86.6 cm³/mol. The molecule has 6 nitrogen and oxygen atoms in total. The van der Waals surface area contributed by atoms with Crippen molar-refractivity contribution in [3.05, 3.63) is 11.8 Å². The van der Waals surface area contributed by atoms with Crippen LogP contribution in [-0.4, -0.2) is 35.0 Å². The summed E-state index contributed by atoms with van der Waals surface area (Å²) in [7, 11) is 0. The van der Waals surface area contributed by atoms with Gasteiger partial charge in [-0.25, -0.2) is 4.98 Å². The molecule has 0 aliphatic carbocycles. The van der Waals surface area contributed by atoms with Crippen molar-refractivity contribution in [2.24, 2.45) is 0 Å². The predicted octanol–water partition coefficient (Wildman–Crippen LogP) is 2.32. The monoisotopic (exact) mass is 293 g/mol. The van der Waals surface area contributed by atoms with Crippen LogP contribution in [0, 0.1) is 6.92 Å². The molecule has 1 heterocycles. The lowest BCUT2D eigenvalue weighted by molar-refractivity contribution is -0.121. The van der Waals surface area contributed by atoms with Crippen LogP contribution in [0.1, 0.15) is 45.6 Å². The van der Waals surface area contributed by atoms with E-state index in [0.29, 0.717) is 18.9 Å². The summed E-state index contributed by atoms with van der Waals surface area (Å²) in [4.78, 5) is 20.3. The Bertz CT molecular complexity index is 450. The van der Waals surface area contributed by atoms with Gasteiger partial charge < -0.3 is 16.0 Å². The number of hydrogen-bond donors (Lipinski definition) is 3. The highest BCUT2D eigenvalue weighted by atomic mass is 16.1. The third kappa shape index (κ3) is 6.42. The number of nitrogens with one attached hydrogen (secondary N) is 3. The molecule has 0 aliphatic heterocycles. The molecule has 0 spiro atoms. The highest BCUT2D eigenvalue weighted by molar-refractivity contribution is 5.76. The van der Waals surface area contributed by atoms with Crippen molar-refractivity contribution in [2.75, 3.05) is 23.7 Å². The Morgan fingerprint density at radius 3 is 2.71 bits per heavy atom. The quantitative estimate of drug-likeness (QED) is 0.651. The van der Waals surface area contributed by atoms with E-state index in [0.717, 1.165) is 30.8 Å². The summed E-state index contributed by atoms with van der Waals surface area (Å²) < 4.78 is 0. The van der Waals surface area contributed by atoms with Gasteiger partial charge in [-0.05, 0) is 26.7 Å². The van der Waals surface area contributed by atoms with Gasteiger partial charge in [0.05, 0.1) is 0 Å². The van der Waals surface area contributed by atoms with Gasteiger partial charge >= 0.3 is 0 Å². The number of carbonyl (C=O) groups is 1. The zero-order chi connectivity index (χ0) is 15.7. The zero-order valence-electron chi connectivity index (χ0n) is 13.5. The van der Waals surface area contributed by atoms with E-state index in [-0.39, 0.29) is 11.9 Å². The molecule has 0 saturated carbocycles. The van der Waals surface area contributed by atoms with Crippen LogP contribution >= 0.6 is 0 Å². The van der Waals surface area contributed by atoms with Crippen LogP contribution in [0.3, 0.4) is 0 Å². The van der Waals surface area contributed by atoms with Gasteiger partial charge in [0.15, 0.2) is 0 Å². The first-order valence-electron chi connectivity index (χ1n) is 7.67. The Kier molecular flexibility index (Phi) is 7.50. The lowest BCUT2D eigenvalue weighted by Crippen LogP contribution is -2.33. The first-order chi connectivity index (χ1) is 10.1. The third-order valence-corrected chi connectivity index (χ3v) is 3.17. The maximum atomic E-state index is 11.7. The Balaban J connectivity index is 2.45. The van der Waals surface area contributed by atoms with E-state index in [1.165, 1.54) is 0 Å². The summed E-state index contributed by atoms with van der Waals surface area (Å²) in [6.07, 6.45) is 4.19. The normalized spacial score (nSPS) is 11.8. The summed E-state index contributed by atoms with van der Waals surface area (Å²) in [5.41, 5.74) is 0.972. The summed E-state index contributed by atoms with van der Waals surface area (Å²) in [6.45, 7) is 9.51. The minimum Gasteiger partial charge on any atom is -0.369 e. The van der Waals surface area contributed by atoms with Gasteiger partial charge in [0.2, 0.25) is 11.9 Å². The highest BCUT2D eigenvalue weighted by Crippen LogP contribution is 2.12. The molecule has 21 heavy (non-hydrogen) atoms. The molecular formula is C15H27N5O. The average molecular weight is 293 g/mol. The zero-order valence-corrected chi connectivity index (χ0v) is 13.5. The fourth-order valence-corrected chi connectivity index (χ4v) is 1.69. The number of hydrogen-bond acceptors (Lipinski definition) is 5. The smallest absolute Gasteiger partial charge is 0.224 e. The van der Waals surface area contributed by atoms with Gasteiger partial charge in [0.25, 0.3) is 0 Å². The Hall–Kier alpha value is -1.85. The first kappa shape index (κ1) is 17.2. The van der Waals surface area contributed by atoms with Crippen LogP contribution in [0.4, 0.5) is 11.8 Å². The minimum absolute atomic E-state index is 0.0629. The molecule has 1 amide bonds. The van der Waals surface area contributed by atoms with Crippen LogP contribution in [-0.2, 0) is 4.79 Å². The highest BCUT2D eigenvalue weighted by Gasteiger charge is 2.07. The van der Waals surface area contributed by atoms with Gasteiger partial charge in [-0.2, -0.15) is 4.98 Å². The number of anilines is 2. The fraction of sp³-hybridized carbons (Fsp3) is 0.667. The molecule has 1 aromatic rings. The second kappa shape index (κ2) is 9.15. The third-order valence-electron chi connectivity index (χ3n) is 3.17. The maximum Gasteiger partial charge on any atom is 0.224 e. The summed E-state index contributed by atoms with van der Waals surface area (Å²) in [6, 6.07) is 0.225. The van der Waals surface area contributed by atoms with Gasteiger partial charge in [0.1, 0.15) is 5.82 Å². The van der Waals surface area contributed by atoms with Crippen LogP contribution in [0.25, 0.3) is 0 Å². The van der Waals surface area contributed by atoms with Crippen LogP contribution in [0.5, 0.6) is 0 Å². The molecule has 0 aliphatic rings. The Morgan fingerprint density at radius 1 is 1.29 bits per heavy atom. The molecule has 3 N–H and O–H groups in total. The summed E-state index contributed by atoms with van der Waals surface area (Å²) >= 11 is 0. The Labute approximate surface area is 127 Å². The first-order valence-corrected chi connectivity index (χ1v) is 7.67. The summed E-state index contributed by atoms with van der Waals surface area (Å²) in [5.74, 6) is 1.46. The largest absolute Gasteiger partial charge is 0.369 e. The van der Waals surface area contributed by atoms with Crippen molar-refractivity contribution in [1.29, 1.82) is 0 Å². The lowest BCUT2D eigenvalue weighted by Gasteiger charge is -2.13. The number of nitrogens with zero attached hydrogens (tertiary/aromatic N) is 2. The van der Waals surface area contributed by atoms with E-state index in [9.17, 15) is 4.79 Å². The summed E-state index contributed by atoms with van der Waals surface area (Å²) in [5, 5.41) is 9.30. The number of amides is 1. The van der Waals surface area contributed by atoms with E-state index >= 15 is 0 Å². The Morgan fingerprint density at radius 2 is 2.05 bits per heavy atom. The minimum atomic E-state index is 0.0629. The molecule has 0 fully saturated rings. The molecule has 0 aromatic carbocycles. The van der Waals surface area contributed by atoms with E-state index in [2.05, 4.69) is 39.8 Å². The van der Waals surface area contributed by atoms with Crippen molar-refractivity contribution in [1.82, 2.24) is 15.3 Å². The van der Waals surface area contributed by atoms with Crippen LogP contribution < -0.4 is 16.0 Å². The molecule has 1 atom stereocenters. The number of aromatic nitrogens is 2. The fourth-order valence-electron chi connectivity index (χ4n) is 1.69. The average Bonchev–Trinajstić information content (AvgIpc) is 2.47. The molecular weight excluding hydrogens is 266 g/mol. The van der Waals surface area contributed by atoms with E-state index in [1.54, 1.807) is 6.20 Å². The van der Waals surface area contributed by atoms with Crippen molar-refractivity contribution in [3.8, 4) is 0 Å². The molecule has 0 saturated heterocycles. The standard InChI is InChI=1S/C15H27N5O/c1-5-8-17-15-18-10-11(3)14(20-15)16-9-7-13(21)19-12(4)6-2/h10,12H,5-9H2,1-4H3,(H,19,21)(H2,16,17,18,20). The molecule has 1 aromatic heterocycles. The second-order valence-electron chi connectivity index (χ2n) is 5.21. The molecule has 0 radical (unpaired) electrons. The van der Waals surface area contributed by atoms with E-state index < -0.39 is 0 Å². The van der Waals surface area contributed by atoms with Crippen molar-refractivity contribution >= 4 is 17.7 Å². The van der Waals surface area contributed by atoms with Crippen LogP contribution in [0.2, 0.25) is 0 Å². The molecule has 1 unspecified atom stereocenters. The van der Waals surface area contributed by atoms with Crippen molar-refractivity contribution in [3.63, 3.8) is 0 Å².